The molecule has 0 aliphatic rings. The van der Waals surface area contributed by atoms with Crippen LogP contribution in [0.5, 0.6) is 5.75 Å². The Morgan fingerprint density at radius 1 is 0.966 bits per heavy atom. The number of carbonyl (C=O) groups excluding carboxylic acids is 2. The van der Waals surface area contributed by atoms with Gasteiger partial charge >= 0.3 is 0 Å². The average Bonchev–Trinajstić information content (AvgIpc) is 2.76. The summed E-state index contributed by atoms with van der Waals surface area (Å²) in [6.45, 7) is 0.385. The van der Waals surface area contributed by atoms with Crippen molar-refractivity contribution < 1.29 is 14.3 Å². The molecule has 6 nitrogen and oxygen atoms in total. The van der Waals surface area contributed by atoms with Crippen molar-refractivity contribution in [2.24, 2.45) is 0 Å². The molecular formula is C22H18BrN3O3. The third-order valence-electron chi connectivity index (χ3n) is 3.84. The van der Waals surface area contributed by atoms with Gasteiger partial charge in [0.2, 0.25) is 0 Å². The van der Waals surface area contributed by atoms with Crippen molar-refractivity contribution in [3.63, 3.8) is 0 Å². The molecule has 146 valence electrons. The van der Waals surface area contributed by atoms with Gasteiger partial charge in [-0.3, -0.25) is 25.4 Å². The van der Waals surface area contributed by atoms with Crippen LogP contribution in [0.25, 0.3) is 6.08 Å². The Bertz CT molecular complexity index is 1010. The van der Waals surface area contributed by atoms with Gasteiger partial charge in [-0.05, 0) is 64.0 Å². The maximum Gasteiger partial charge on any atom is 0.270 e. The standard InChI is InChI=1S/C22H18BrN3O3/c23-20-7-2-1-6-19(20)22(28)26-25-21(27)13-10-16-8-11-18(12-9-16)29-15-17-5-3-4-14-24-17/h1-14H,15H2,(H,25,27)(H,26,28)/b13-10+. The highest BCUT2D eigenvalue weighted by atomic mass is 79.9. The molecule has 0 unspecified atom stereocenters. The highest BCUT2D eigenvalue weighted by Crippen LogP contribution is 2.16. The summed E-state index contributed by atoms with van der Waals surface area (Å²) in [5.41, 5.74) is 6.82. The maximum atomic E-state index is 12.0. The fourth-order valence-electron chi connectivity index (χ4n) is 2.36. The van der Waals surface area contributed by atoms with E-state index >= 15 is 0 Å². The highest BCUT2D eigenvalue weighted by Gasteiger charge is 2.09. The summed E-state index contributed by atoms with van der Waals surface area (Å²) in [6, 6.07) is 19.9. The molecule has 0 saturated heterocycles. The lowest BCUT2D eigenvalue weighted by Gasteiger charge is -2.07. The van der Waals surface area contributed by atoms with Crippen molar-refractivity contribution in [1.82, 2.24) is 15.8 Å². The molecule has 29 heavy (non-hydrogen) atoms. The van der Waals surface area contributed by atoms with Crippen molar-refractivity contribution in [2.45, 2.75) is 6.61 Å². The molecule has 3 rings (SSSR count). The number of hydrazine groups is 1. The molecule has 0 fully saturated rings. The van der Waals surface area contributed by atoms with Crippen LogP contribution in [-0.2, 0) is 11.4 Å². The summed E-state index contributed by atoms with van der Waals surface area (Å²) >= 11 is 3.29. The van der Waals surface area contributed by atoms with Crippen LogP contribution < -0.4 is 15.6 Å². The fourth-order valence-corrected chi connectivity index (χ4v) is 2.83. The summed E-state index contributed by atoms with van der Waals surface area (Å²) in [6.07, 6.45) is 4.70. The topological polar surface area (TPSA) is 80.3 Å². The zero-order valence-corrected chi connectivity index (χ0v) is 16.9. The Balaban J connectivity index is 1.47. The van der Waals surface area contributed by atoms with Gasteiger partial charge in [-0.25, -0.2) is 0 Å². The zero-order chi connectivity index (χ0) is 20.5. The van der Waals surface area contributed by atoms with Crippen molar-refractivity contribution in [2.75, 3.05) is 0 Å². The number of halogens is 1. The average molecular weight is 452 g/mol. The minimum atomic E-state index is -0.444. The van der Waals surface area contributed by atoms with Gasteiger partial charge in [-0.15, -0.1) is 0 Å². The second-order valence-corrected chi connectivity index (χ2v) is 6.79. The number of aromatic nitrogens is 1. The molecule has 0 saturated carbocycles. The monoisotopic (exact) mass is 451 g/mol. The summed E-state index contributed by atoms with van der Waals surface area (Å²) in [7, 11) is 0. The number of benzene rings is 2. The maximum absolute atomic E-state index is 12.0. The summed E-state index contributed by atoms with van der Waals surface area (Å²) in [5.74, 6) is -0.146. The van der Waals surface area contributed by atoms with Gasteiger partial charge < -0.3 is 4.74 Å². The van der Waals surface area contributed by atoms with E-state index in [0.717, 1.165) is 11.3 Å². The lowest BCUT2D eigenvalue weighted by atomic mass is 10.2. The lowest BCUT2D eigenvalue weighted by molar-refractivity contribution is -0.117. The van der Waals surface area contributed by atoms with Crippen LogP contribution in [0.1, 0.15) is 21.6 Å². The second-order valence-electron chi connectivity index (χ2n) is 5.94. The number of carbonyl (C=O) groups is 2. The number of rotatable bonds is 6. The lowest BCUT2D eigenvalue weighted by Crippen LogP contribution is -2.40. The number of hydrogen-bond acceptors (Lipinski definition) is 4. The zero-order valence-electron chi connectivity index (χ0n) is 15.3. The van der Waals surface area contributed by atoms with Crippen LogP contribution in [0, 0.1) is 0 Å². The SMILES string of the molecule is O=C(/C=C/c1ccc(OCc2ccccn2)cc1)NNC(=O)c1ccccc1Br. The molecule has 7 heteroatoms. The first kappa shape index (κ1) is 20.3. The normalized spacial score (nSPS) is 10.5. The Labute approximate surface area is 176 Å². The summed E-state index contributed by atoms with van der Waals surface area (Å²) in [5, 5.41) is 0. The Morgan fingerprint density at radius 2 is 1.72 bits per heavy atom. The van der Waals surface area contributed by atoms with E-state index in [9.17, 15) is 9.59 Å². The van der Waals surface area contributed by atoms with E-state index in [-0.39, 0.29) is 0 Å². The first-order chi connectivity index (χ1) is 14.1. The van der Waals surface area contributed by atoms with Crippen molar-refractivity contribution in [3.05, 3.63) is 100 Å². The molecule has 0 spiro atoms. The predicted molar refractivity (Wildman–Crippen MR) is 114 cm³/mol. The molecule has 0 radical (unpaired) electrons. The molecule has 2 N–H and O–H groups in total. The number of ether oxygens (including phenoxy) is 1. The van der Waals surface area contributed by atoms with Crippen LogP contribution in [0.15, 0.2) is 83.5 Å². The van der Waals surface area contributed by atoms with Gasteiger partial charge in [0.1, 0.15) is 12.4 Å². The smallest absolute Gasteiger partial charge is 0.270 e. The van der Waals surface area contributed by atoms with Gasteiger partial charge in [0.05, 0.1) is 11.3 Å². The van der Waals surface area contributed by atoms with Gasteiger partial charge in [-0.1, -0.05) is 30.3 Å². The minimum absolute atomic E-state index is 0.385. The van der Waals surface area contributed by atoms with E-state index in [0.29, 0.717) is 22.4 Å². The Hall–Kier alpha value is -3.45. The van der Waals surface area contributed by atoms with Crippen LogP contribution >= 0.6 is 15.9 Å². The van der Waals surface area contributed by atoms with Crippen LogP contribution in [0.4, 0.5) is 0 Å². The number of pyridine rings is 1. The van der Waals surface area contributed by atoms with Crippen LogP contribution in [0.3, 0.4) is 0 Å². The van der Waals surface area contributed by atoms with Crippen molar-refractivity contribution in [3.8, 4) is 5.75 Å². The molecule has 3 aromatic rings. The van der Waals surface area contributed by atoms with E-state index in [4.69, 9.17) is 4.74 Å². The molecule has 0 aliphatic carbocycles. The molecule has 2 aromatic carbocycles. The quantitative estimate of drug-likeness (QED) is 0.439. The molecule has 1 heterocycles. The van der Waals surface area contributed by atoms with E-state index in [1.807, 2.05) is 42.5 Å². The number of hydrogen-bond donors (Lipinski definition) is 2. The second kappa shape index (κ2) is 10.2. The first-order valence-electron chi connectivity index (χ1n) is 8.77. The first-order valence-corrected chi connectivity index (χ1v) is 9.57. The van der Waals surface area contributed by atoms with Gasteiger partial charge in [0.15, 0.2) is 0 Å². The highest BCUT2D eigenvalue weighted by molar-refractivity contribution is 9.10. The molecule has 0 bridgehead atoms. The van der Waals surface area contributed by atoms with Crippen molar-refractivity contribution >= 4 is 33.8 Å². The van der Waals surface area contributed by atoms with E-state index in [1.165, 1.54) is 6.08 Å². The Morgan fingerprint density at radius 3 is 2.45 bits per heavy atom. The number of nitrogens with one attached hydrogen (secondary N) is 2. The largest absolute Gasteiger partial charge is 0.487 e. The van der Waals surface area contributed by atoms with Crippen LogP contribution in [0.2, 0.25) is 0 Å². The number of nitrogens with zero attached hydrogens (tertiary/aromatic N) is 1. The van der Waals surface area contributed by atoms with E-state index in [1.54, 1.807) is 36.5 Å². The van der Waals surface area contributed by atoms with Crippen molar-refractivity contribution in [1.29, 1.82) is 0 Å². The van der Waals surface area contributed by atoms with E-state index in [2.05, 4.69) is 31.8 Å². The predicted octanol–water partition coefficient (Wildman–Crippen LogP) is 3.90. The fraction of sp³-hybridized carbons (Fsp3) is 0.0455. The molecule has 0 aliphatic heterocycles. The number of amides is 2. The summed E-state index contributed by atoms with van der Waals surface area (Å²) < 4.78 is 6.32. The Kier molecular flexibility index (Phi) is 7.13. The minimum Gasteiger partial charge on any atom is -0.487 e. The van der Waals surface area contributed by atoms with E-state index < -0.39 is 11.8 Å². The third-order valence-corrected chi connectivity index (χ3v) is 4.53. The molecule has 1 aromatic heterocycles. The molecule has 0 atom stereocenters. The van der Waals surface area contributed by atoms with Gasteiger partial charge in [0.25, 0.3) is 11.8 Å². The molecular weight excluding hydrogens is 434 g/mol. The van der Waals surface area contributed by atoms with Crippen LogP contribution in [-0.4, -0.2) is 16.8 Å². The summed E-state index contributed by atoms with van der Waals surface area (Å²) in [4.78, 5) is 28.2. The molecule has 2 amide bonds. The third kappa shape index (κ3) is 6.29. The van der Waals surface area contributed by atoms with Gasteiger partial charge in [0, 0.05) is 16.7 Å². The van der Waals surface area contributed by atoms with Gasteiger partial charge in [-0.2, -0.15) is 0 Å².